The molecular formula is C28H35N5O3S. The Hall–Kier alpha value is -3.27. The van der Waals surface area contributed by atoms with E-state index in [1.165, 1.54) is 7.11 Å². The van der Waals surface area contributed by atoms with Gasteiger partial charge < -0.3 is 9.64 Å². The Kier molecular flexibility index (Phi) is 9.27. The summed E-state index contributed by atoms with van der Waals surface area (Å²) in [6.07, 6.45) is -0.497. The maximum absolute atomic E-state index is 12.9. The highest BCUT2D eigenvalue weighted by Gasteiger charge is 2.27. The number of anilines is 1. The highest BCUT2D eigenvalue weighted by molar-refractivity contribution is 7.07. The SMILES string of the molecule is CCN(CC)C(=O)c1ccc([C@H](c2cccc(NC(=O)OC)c2)N2CCN(Cc3cscn3)CC2)cc1. The van der Waals surface area contributed by atoms with E-state index < -0.39 is 6.09 Å². The lowest BCUT2D eigenvalue weighted by Crippen LogP contribution is -2.47. The lowest BCUT2D eigenvalue weighted by atomic mass is 9.95. The Balaban J connectivity index is 1.58. The van der Waals surface area contributed by atoms with Crippen LogP contribution in [0.25, 0.3) is 0 Å². The first kappa shape index (κ1) is 26.8. The third kappa shape index (κ3) is 6.74. The molecule has 0 radical (unpaired) electrons. The molecule has 9 heteroatoms. The molecule has 196 valence electrons. The fraction of sp³-hybridized carbons (Fsp3) is 0.393. The molecule has 2 aromatic carbocycles. The summed E-state index contributed by atoms with van der Waals surface area (Å²) in [6.45, 7) is 9.88. The normalized spacial score (nSPS) is 15.2. The van der Waals surface area contributed by atoms with Crippen LogP contribution < -0.4 is 5.32 Å². The molecule has 0 spiro atoms. The van der Waals surface area contributed by atoms with Crippen molar-refractivity contribution in [2.75, 3.05) is 51.7 Å². The third-order valence-corrected chi connectivity index (χ3v) is 7.43. The molecular weight excluding hydrogens is 486 g/mol. The number of aromatic nitrogens is 1. The van der Waals surface area contributed by atoms with Crippen LogP contribution in [0.4, 0.5) is 10.5 Å². The minimum Gasteiger partial charge on any atom is -0.453 e. The molecule has 1 aliphatic heterocycles. The van der Waals surface area contributed by atoms with Crippen molar-refractivity contribution in [3.63, 3.8) is 0 Å². The Morgan fingerprint density at radius 1 is 1.05 bits per heavy atom. The summed E-state index contributed by atoms with van der Waals surface area (Å²) in [5.74, 6) is 0.0491. The number of nitrogens with zero attached hydrogens (tertiary/aromatic N) is 4. The van der Waals surface area contributed by atoms with Crippen molar-refractivity contribution >= 4 is 29.0 Å². The first-order valence-electron chi connectivity index (χ1n) is 12.7. The highest BCUT2D eigenvalue weighted by Crippen LogP contribution is 2.32. The van der Waals surface area contributed by atoms with E-state index in [2.05, 4.69) is 43.7 Å². The predicted octanol–water partition coefficient (Wildman–Crippen LogP) is 4.71. The predicted molar refractivity (Wildman–Crippen MR) is 147 cm³/mol. The third-order valence-electron chi connectivity index (χ3n) is 6.80. The van der Waals surface area contributed by atoms with Gasteiger partial charge in [-0.1, -0.05) is 24.3 Å². The minimum absolute atomic E-state index is 0.0153. The fourth-order valence-corrected chi connectivity index (χ4v) is 5.34. The van der Waals surface area contributed by atoms with Gasteiger partial charge in [0.25, 0.3) is 5.91 Å². The summed E-state index contributed by atoms with van der Waals surface area (Å²) in [4.78, 5) is 35.8. The van der Waals surface area contributed by atoms with Crippen molar-refractivity contribution in [2.45, 2.75) is 26.4 Å². The van der Waals surface area contributed by atoms with Gasteiger partial charge in [-0.25, -0.2) is 9.78 Å². The Labute approximate surface area is 222 Å². The molecule has 1 fully saturated rings. The van der Waals surface area contributed by atoms with E-state index in [1.54, 1.807) is 11.3 Å². The summed E-state index contributed by atoms with van der Waals surface area (Å²) in [5, 5.41) is 4.89. The van der Waals surface area contributed by atoms with Crippen molar-refractivity contribution in [3.05, 3.63) is 81.8 Å². The molecule has 2 amide bonds. The number of piperazine rings is 1. The second kappa shape index (κ2) is 12.8. The van der Waals surface area contributed by atoms with Crippen molar-refractivity contribution in [2.24, 2.45) is 0 Å². The summed E-state index contributed by atoms with van der Waals surface area (Å²) < 4.78 is 4.78. The molecule has 0 saturated carbocycles. The number of ether oxygens (including phenoxy) is 1. The Bertz CT molecular complexity index is 1160. The molecule has 1 N–H and O–H groups in total. The van der Waals surface area contributed by atoms with Crippen molar-refractivity contribution < 1.29 is 14.3 Å². The average molecular weight is 522 g/mol. The average Bonchev–Trinajstić information content (AvgIpc) is 3.44. The first-order chi connectivity index (χ1) is 18.0. The summed E-state index contributed by atoms with van der Waals surface area (Å²) in [7, 11) is 1.36. The quantitative estimate of drug-likeness (QED) is 0.439. The molecule has 0 aliphatic carbocycles. The molecule has 1 atom stereocenters. The number of benzene rings is 2. The number of rotatable bonds is 9. The van der Waals surface area contributed by atoms with Crippen LogP contribution >= 0.6 is 11.3 Å². The number of methoxy groups -OCH3 is 1. The van der Waals surface area contributed by atoms with Crippen LogP contribution in [0.2, 0.25) is 0 Å². The number of thiazole rings is 1. The van der Waals surface area contributed by atoms with Crippen LogP contribution in [0.3, 0.4) is 0 Å². The van der Waals surface area contributed by atoms with E-state index in [1.807, 2.05) is 54.6 Å². The maximum atomic E-state index is 12.9. The van der Waals surface area contributed by atoms with Crippen molar-refractivity contribution in [1.29, 1.82) is 0 Å². The first-order valence-corrected chi connectivity index (χ1v) is 13.6. The van der Waals surface area contributed by atoms with Gasteiger partial charge in [0.05, 0.1) is 24.4 Å². The number of nitrogens with one attached hydrogen (secondary N) is 1. The van der Waals surface area contributed by atoms with Gasteiger partial charge in [-0.15, -0.1) is 11.3 Å². The smallest absolute Gasteiger partial charge is 0.411 e. The maximum Gasteiger partial charge on any atom is 0.411 e. The molecule has 0 unspecified atom stereocenters. The Morgan fingerprint density at radius 2 is 1.78 bits per heavy atom. The molecule has 8 nitrogen and oxygen atoms in total. The summed E-state index contributed by atoms with van der Waals surface area (Å²) in [6, 6.07) is 15.9. The number of amides is 2. The number of carbonyl (C=O) groups is 2. The van der Waals surface area contributed by atoms with E-state index >= 15 is 0 Å². The fourth-order valence-electron chi connectivity index (χ4n) is 4.80. The topological polar surface area (TPSA) is 78.0 Å². The molecule has 0 bridgehead atoms. The van der Waals surface area contributed by atoms with Gasteiger partial charge in [0.15, 0.2) is 0 Å². The zero-order chi connectivity index (χ0) is 26.2. The van der Waals surface area contributed by atoms with Gasteiger partial charge >= 0.3 is 6.09 Å². The van der Waals surface area contributed by atoms with Gasteiger partial charge in [-0.05, 0) is 49.2 Å². The summed E-state index contributed by atoms with van der Waals surface area (Å²) in [5.41, 5.74) is 6.56. The van der Waals surface area contributed by atoms with Gasteiger partial charge in [-0.2, -0.15) is 0 Å². The standard InChI is InChI=1S/C28H35N5O3S/c1-4-32(5-2)27(34)22-11-9-21(10-12-22)26(23-7-6-8-24(17-23)30-28(35)36-3)33-15-13-31(14-16-33)18-25-19-37-20-29-25/h6-12,17,19-20,26H,4-5,13-16,18H2,1-3H3,(H,30,35)/t26-/m1/s1. The van der Waals surface area contributed by atoms with Crippen LogP contribution in [0.1, 0.15) is 47.1 Å². The molecule has 1 aliphatic rings. The van der Waals surface area contributed by atoms with Gasteiger partial charge in [0.2, 0.25) is 0 Å². The molecule has 3 aromatic rings. The van der Waals surface area contributed by atoms with E-state index in [9.17, 15) is 9.59 Å². The minimum atomic E-state index is -0.497. The van der Waals surface area contributed by atoms with Gasteiger partial charge in [-0.3, -0.25) is 19.9 Å². The Morgan fingerprint density at radius 3 is 2.41 bits per heavy atom. The monoisotopic (exact) mass is 521 g/mol. The molecule has 1 aromatic heterocycles. The number of hydrogen-bond acceptors (Lipinski definition) is 7. The zero-order valence-corrected chi connectivity index (χ0v) is 22.5. The molecule has 1 saturated heterocycles. The van der Waals surface area contributed by atoms with E-state index in [4.69, 9.17) is 4.74 Å². The summed E-state index contributed by atoms with van der Waals surface area (Å²) >= 11 is 1.63. The lowest BCUT2D eigenvalue weighted by molar-refractivity contribution is 0.0772. The van der Waals surface area contributed by atoms with Gasteiger partial charge in [0.1, 0.15) is 0 Å². The van der Waals surface area contributed by atoms with E-state index in [0.29, 0.717) is 24.3 Å². The molecule has 37 heavy (non-hydrogen) atoms. The number of hydrogen-bond donors (Lipinski definition) is 1. The van der Waals surface area contributed by atoms with Crippen LogP contribution in [0.15, 0.2) is 59.4 Å². The highest BCUT2D eigenvalue weighted by atomic mass is 32.1. The lowest BCUT2D eigenvalue weighted by Gasteiger charge is -2.39. The van der Waals surface area contributed by atoms with Crippen LogP contribution in [-0.2, 0) is 11.3 Å². The number of carbonyl (C=O) groups excluding carboxylic acids is 2. The van der Waals surface area contributed by atoms with Crippen molar-refractivity contribution in [1.82, 2.24) is 19.7 Å². The molecule has 4 rings (SSSR count). The second-order valence-corrected chi connectivity index (χ2v) is 9.75. The largest absolute Gasteiger partial charge is 0.453 e. The van der Waals surface area contributed by atoms with Crippen LogP contribution in [0, 0.1) is 0 Å². The van der Waals surface area contributed by atoms with Gasteiger partial charge in [0, 0.05) is 62.4 Å². The second-order valence-electron chi connectivity index (χ2n) is 9.04. The molecule has 2 heterocycles. The van der Waals surface area contributed by atoms with Crippen LogP contribution in [-0.4, -0.2) is 78.1 Å². The van der Waals surface area contributed by atoms with Crippen LogP contribution in [0.5, 0.6) is 0 Å². The van der Waals surface area contributed by atoms with E-state index in [0.717, 1.165) is 49.5 Å². The van der Waals surface area contributed by atoms with E-state index in [-0.39, 0.29) is 11.9 Å². The zero-order valence-electron chi connectivity index (χ0n) is 21.7. The van der Waals surface area contributed by atoms with Crippen molar-refractivity contribution in [3.8, 4) is 0 Å².